The van der Waals surface area contributed by atoms with Crippen LogP contribution in [0.15, 0.2) is 0 Å². The second kappa shape index (κ2) is 17.3. The van der Waals surface area contributed by atoms with Crippen molar-refractivity contribution in [2.75, 3.05) is 13.2 Å². The Bertz CT molecular complexity index is 246. The van der Waals surface area contributed by atoms with E-state index in [1.54, 1.807) is 0 Å². The first-order chi connectivity index (χ1) is 12.1. The lowest BCUT2D eigenvalue weighted by molar-refractivity contribution is -0.110. The summed E-state index contributed by atoms with van der Waals surface area (Å²) in [6.45, 7) is 14.4. The van der Waals surface area contributed by atoms with Crippen LogP contribution in [0, 0.1) is 0 Å². The first-order valence-electron chi connectivity index (χ1n) is 11.0. The van der Waals surface area contributed by atoms with Gasteiger partial charge in [-0.3, -0.25) is 0 Å². The molecule has 0 fully saturated rings. The van der Waals surface area contributed by atoms with E-state index in [-0.39, 0.29) is 12.2 Å². The first-order valence-corrected chi connectivity index (χ1v) is 11.0. The molecule has 0 saturated heterocycles. The highest BCUT2D eigenvalue weighted by atomic mass is 16.6. The summed E-state index contributed by atoms with van der Waals surface area (Å²) >= 11 is 0. The van der Waals surface area contributed by atoms with E-state index >= 15 is 0 Å². The number of hydrogen-bond donors (Lipinski definition) is 0. The van der Waals surface area contributed by atoms with Gasteiger partial charge in [0.1, 0.15) is 6.10 Å². The van der Waals surface area contributed by atoms with Crippen LogP contribution >= 0.6 is 0 Å². The Morgan fingerprint density at radius 1 is 0.600 bits per heavy atom. The molecule has 0 aromatic carbocycles. The van der Waals surface area contributed by atoms with Crippen molar-refractivity contribution in [2.45, 2.75) is 130 Å². The van der Waals surface area contributed by atoms with Crippen molar-refractivity contribution in [2.24, 2.45) is 0 Å². The van der Waals surface area contributed by atoms with E-state index in [0.29, 0.717) is 25.4 Å². The van der Waals surface area contributed by atoms with Crippen LogP contribution in [-0.2, 0) is 14.2 Å². The van der Waals surface area contributed by atoms with Crippen molar-refractivity contribution in [3.63, 3.8) is 0 Å². The van der Waals surface area contributed by atoms with Crippen molar-refractivity contribution in [3.05, 3.63) is 0 Å². The van der Waals surface area contributed by atoms with E-state index in [4.69, 9.17) is 14.2 Å². The van der Waals surface area contributed by atoms with Crippen molar-refractivity contribution < 1.29 is 14.2 Å². The van der Waals surface area contributed by atoms with Crippen LogP contribution in [0.3, 0.4) is 0 Å². The molecule has 0 aromatic heterocycles. The van der Waals surface area contributed by atoms with Gasteiger partial charge in [-0.2, -0.15) is 0 Å². The van der Waals surface area contributed by atoms with Gasteiger partial charge in [-0.25, -0.2) is 0 Å². The molecular formula is C22H46O3. The molecule has 0 aliphatic carbocycles. The molecule has 0 amide bonds. The van der Waals surface area contributed by atoms with Gasteiger partial charge in [0.25, 0.3) is 0 Å². The number of ether oxygens (including phenoxy) is 3. The summed E-state index contributed by atoms with van der Waals surface area (Å²) in [4.78, 5) is 0. The summed E-state index contributed by atoms with van der Waals surface area (Å²) in [7, 11) is 0. The van der Waals surface area contributed by atoms with E-state index in [9.17, 15) is 0 Å². The molecule has 0 aliphatic heterocycles. The second-order valence-electron chi connectivity index (χ2n) is 7.53. The summed E-state index contributed by atoms with van der Waals surface area (Å²) in [5, 5.41) is 0. The molecule has 0 bridgehead atoms. The van der Waals surface area contributed by atoms with Gasteiger partial charge < -0.3 is 14.2 Å². The van der Waals surface area contributed by atoms with Crippen LogP contribution in [0.1, 0.15) is 106 Å². The van der Waals surface area contributed by atoms with Crippen molar-refractivity contribution in [3.8, 4) is 0 Å². The van der Waals surface area contributed by atoms with Gasteiger partial charge in [-0.15, -0.1) is 0 Å². The maximum absolute atomic E-state index is 6.16. The molecule has 3 heteroatoms. The van der Waals surface area contributed by atoms with Crippen LogP contribution < -0.4 is 0 Å². The quantitative estimate of drug-likeness (QED) is 0.261. The molecule has 0 aromatic rings. The average molecular weight is 359 g/mol. The lowest BCUT2D eigenvalue weighted by Crippen LogP contribution is -2.32. The third-order valence-electron chi connectivity index (χ3n) is 4.67. The van der Waals surface area contributed by atoms with E-state index in [0.717, 1.165) is 25.7 Å². The molecule has 0 heterocycles. The van der Waals surface area contributed by atoms with Crippen molar-refractivity contribution >= 4 is 0 Å². The minimum Gasteiger partial charge on any atom is -0.375 e. The Labute approximate surface area is 158 Å². The monoisotopic (exact) mass is 358 g/mol. The number of hydrogen-bond acceptors (Lipinski definition) is 3. The van der Waals surface area contributed by atoms with E-state index < -0.39 is 0 Å². The van der Waals surface area contributed by atoms with Crippen LogP contribution in [0.25, 0.3) is 0 Å². The largest absolute Gasteiger partial charge is 0.375 e. The summed E-state index contributed by atoms with van der Waals surface area (Å²) in [5.41, 5.74) is 0. The fraction of sp³-hybridized carbons (Fsp3) is 1.00. The minimum absolute atomic E-state index is 0.0421. The highest BCUT2D eigenvalue weighted by Crippen LogP contribution is 2.14. The third kappa shape index (κ3) is 14.7. The maximum atomic E-state index is 6.16. The molecule has 152 valence electrons. The Kier molecular flexibility index (Phi) is 17.2. The summed E-state index contributed by atoms with van der Waals surface area (Å²) in [6, 6.07) is 0. The molecule has 0 spiro atoms. The standard InChI is InChI=1S/C22H46O3/c1-7-11-13-15-20(9-3)23-17-22(25-19(5)6)18-24-21(10-4)16-14-12-8-2/h19-22H,7-18H2,1-6H3. The van der Waals surface area contributed by atoms with Crippen LogP contribution in [0.5, 0.6) is 0 Å². The molecule has 0 radical (unpaired) electrons. The molecule has 0 rings (SSSR count). The Hall–Kier alpha value is -0.120. The van der Waals surface area contributed by atoms with Gasteiger partial charge in [-0.1, -0.05) is 66.2 Å². The highest BCUT2D eigenvalue weighted by molar-refractivity contribution is 4.64. The Morgan fingerprint density at radius 2 is 1.04 bits per heavy atom. The fourth-order valence-electron chi connectivity index (χ4n) is 3.05. The average Bonchev–Trinajstić information content (AvgIpc) is 2.60. The predicted octanol–water partition coefficient (Wildman–Crippen LogP) is 6.53. The molecule has 2 unspecified atom stereocenters. The second-order valence-corrected chi connectivity index (χ2v) is 7.53. The molecular weight excluding hydrogens is 312 g/mol. The van der Waals surface area contributed by atoms with Crippen LogP contribution in [-0.4, -0.2) is 37.6 Å². The fourth-order valence-corrected chi connectivity index (χ4v) is 3.05. The molecule has 3 nitrogen and oxygen atoms in total. The highest BCUT2D eigenvalue weighted by Gasteiger charge is 2.17. The SMILES string of the molecule is CCCCCC(CC)OCC(COC(CC)CCCCC)OC(C)C. The van der Waals surface area contributed by atoms with Crippen LogP contribution in [0.2, 0.25) is 0 Å². The topological polar surface area (TPSA) is 27.7 Å². The van der Waals surface area contributed by atoms with Gasteiger partial charge in [0, 0.05) is 0 Å². The lowest BCUT2D eigenvalue weighted by Gasteiger charge is -2.26. The summed E-state index contributed by atoms with van der Waals surface area (Å²) < 4.78 is 18.4. The van der Waals surface area contributed by atoms with Gasteiger partial charge in [0.2, 0.25) is 0 Å². The van der Waals surface area contributed by atoms with Crippen molar-refractivity contribution in [1.29, 1.82) is 0 Å². The van der Waals surface area contributed by atoms with Crippen LogP contribution in [0.4, 0.5) is 0 Å². The zero-order valence-electron chi connectivity index (χ0n) is 18.0. The van der Waals surface area contributed by atoms with Gasteiger partial charge in [0.15, 0.2) is 0 Å². The zero-order chi connectivity index (χ0) is 18.9. The van der Waals surface area contributed by atoms with Gasteiger partial charge in [0.05, 0.1) is 31.5 Å². The first kappa shape index (κ1) is 24.9. The normalized spacial score (nSPS) is 15.5. The molecule has 25 heavy (non-hydrogen) atoms. The molecule has 0 N–H and O–H groups in total. The summed E-state index contributed by atoms with van der Waals surface area (Å²) in [5.74, 6) is 0. The van der Waals surface area contributed by atoms with Gasteiger partial charge >= 0.3 is 0 Å². The Morgan fingerprint density at radius 3 is 1.36 bits per heavy atom. The molecule has 2 atom stereocenters. The number of unbranched alkanes of at least 4 members (excludes halogenated alkanes) is 4. The summed E-state index contributed by atoms with van der Waals surface area (Å²) in [6.07, 6.45) is 13.1. The van der Waals surface area contributed by atoms with E-state index in [1.165, 1.54) is 38.5 Å². The van der Waals surface area contributed by atoms with Gasteiger partial charge in [-0.05, 0) is 39.5 Å². The minimum atomic E-state index is 0.0421. The van der Waals surface area contributed by atoms with E-state index in [1.807, 2.05) is 0 Å². The molecule has 0 saturated carbocycles. The predicted molar refractivity (Wildman–Crippen MR) is 108 cm³/mol. The van der Waals surface area contributed by atoms with Crippen molar-refractivity contribution in [1.82, 2.24) is 0 Å². The zero-order valence-corrected chi connectivity index (χ0v) is 18.0. The molecule has 0 aliphatic rings. The number of rotatable bonds is 18. The third-order valence-corrected chi connectivity index (χ3v) is 4.67. The Balaban J connectivity index is 4.28. The maximum Gasteiger partial charge on any atom is 0.104 e. The smallest absolute Gasteiger partial charge is 0.104 e. The lowest BCUT2D eigenvalue weighted by atomic mass is 10.1. The van der Waals surface area contributed by atoms with E-state index in [2.05, 4.69) is 41.5 Å².